The standard InChI is InChI=1S/C24H26FN5O3S/c25-19-6-2-3-7-20(19)27-23(32)24-29-28-21(34-24)16-33-18-10-8-17(9-11-18)22(31)26-12-15-30-13-4-1-5-14-30/h2-3,6-11H,1,4-5,12-16H2,(H,26,31)(H,27,32). The molecule has 2 aromatic carbocycles. The topological polar surface area (TPSA) is 96.5 Å². The van der Waals surface area contributed by atoms with Gasteiger partial charge in [-0.2, -0.15) is 0 Å². The number of nitrogens with zero attached hydrogens (tertiary/aromatic N) is 3. The van der Waals surface area contributed by atoms with Crippen molar-refractivity contribution in [3.05, 3.63) is 69.9 Å². The zero-order valence-electron chi connectivity index (χ0n) is 18.6. The molecule has 1 aliphatic heterocycles. The van der Waals surface area contributed by atoms with Crippen LogP contribution in [0.1, 0.15) is 44.4 Å². The molecule has 3 aromatic rings. The Morgan fingerprint density at radius 3 is 2.53 bits per heavy atom. The smallest absolute Gasteiger partial charge is 0.286 e. The number of ether oxygens (including phenoxy) is 1. The summed E-state index contributed by atoms with van der Waals surface area (Å²) in [6, 6.07) is 12.7. The maximum Gasteiger partial charge on any atom is 0.286 e. The monoisotopic (exact) mass is 483 g/mol. The van der Waals surface area contributed by atoms with E-state index in [1.165, 1.54) is 31.4 Å². The summed E-state index contributed by atoms with van der Waals surface area (Å²) >= 11 is 1.06. The molecular weight excluding hydrogens is 457 g/mol. The van der Waals surface area contributed by atoms with Crippen LogP contribution < -0.4 is 15.4 Å². The third kappa shape index (κ3) is 6.58. The summed E-state index contributed by atoms with van der Waals surface area (Å²) < 4.78 is 19.4. The van der Waals surface area contributed by atoms with Crippen LogP contribution >= 0.6 is 11.3 Å². The Bertz CT molecular complexity index is 1120. The van der Waals surface area contributed by atoms with Gasteiger partial charge in [0.15, 0.2) is 5.01 Å². The molecule has 1 aliphatic rings. The molecule has 0 radical (unpaired) electrons. The van der Waals surface area contributed by atoms with Gasteiger partial charge in [-0.05, 0) is 62.3 Å². The van der Waals surface area contributed by atoms with Crippen molar-refractivity contribution in [1.29, 1.82) is 0 Å². The molecule has 0 saturated carbocycles. The number of carbonyl (C=O) groups is 2. The highest BCUT2D eigenvalue weighted by molar-refractivity contribution is 7.13. The second-order valence-corrected chi connectivity index (χ2v) is 8.97. The van der Waals surface area contributed by atoms with Gasteiger partial charge in [0, 0.05) is 18.7 Å². The van der Waals surface area contributed by atoms with E-state index in [4.69, 9.17) is 4.74 Å². The van der Waals surface area contributed by atoms with Crippen LogP contribution in [0.2, 0.25) is 0 Å². The molecule has 1 saturated heterocycles. The van der Waals surface area contributed by atoms with Crippen LogP contribution in [0.3, 0.4) is 0 Å². The number of aromatic nitrogens is 2. The molecule has 0 bridgehead atoms. The third-order valence-corrected chi connectivity index (χ3v) is 6.32. The summed E-state index contributed by atoms with van der Waals surface area (Å²) in [5, 5.41) is 13.8. The summed E-state index contributed by atoms with van der Waals surface area (Å²) in [6.45, 7) is 3.82. The largest absolute Gasteiger partial charge is 0.486 e. The Morgan fingerprint density at radius 2 is 1.76 bits per heavy atom. The Kier molecular flexibility index (Phi) is 8.16. The molecule has 34 heavy (non-hydrogen) atoms. The van der Waals surface area contributed by atoms with Gasteiger partial charge in [0.25, 0.3) is 11.8 Å². The van der Waals surface area contributed by atoms with Crippen molar-refractivity contribution in [3.8, 4) is 5.75 Å². The first kappa shape index (κ1) is 23.8. The maximum atomic E-state index is 13.7. The number of hydrogen-bond donors (Lipinski definition) is 2. The van der Waals surface area contributed by atoms with E-state index in [2.05, 4.69) is 25.7 Å². The fourth-order valence-corrected chi connectivity index (χ4v) is 4.25. The number of nitrogens with one attached hydrogen (secondary N) is 2. The number of carbonyl (C=O) groups excluding carboxylic acids is 2. The minimum Gasteiger partial charge on any atom is -0.486 e. The molecule has 1 aromatic heterocycles. The molecule has 2 N–H and O–H groups in total. The number of likely N-dealkylation sites (tertiary alicyclic amines) is 1. The summed E-state index contributed by atoms with van der Waals surface area (Å²) in [6.07, 6.45) is 3.76. The number of anilines is 1. The Morgan fingerprint density at radius 1 is 1.00 bits per heavy atom. The molecule has 0 atom stereocenters. The van der Waals surface area contributed by atoms with E-state index in [-0.39, 0.29) is 23.2 Å². The van der Waals surface area contributed by atoms with Gasteiger partial charge in [-0.3, -0.25) is 9.59 Å². The van der Waals surface area contributed by atoms with Crippen molar-refractivity contribution in [2.75, 3.05) is 31.5 Å². The van der Waals surface area contributed by atoms with Crippen molar-refractivity contribution in [3.63, 3.8) is 0 Å². The van der Waals surface area contributed by atoms with Crippen LogP contribution in [-0.4, -0.2) is 53.1 Å². The highest BCUT2D eigenvalue weighted by atomic mass is 32.1. The van der Waals surface area contributed by atoms with Crippen LogP contribution in [0.5, 0.6) is 5.75 Å². The SMILES string of the molecule is O=C(NCCN1CCCCC1)c1ccc(OCc2nnc(C(=O)Nc3ccccc3F)s2)cc1. The van der Waals surface area contributed by atoms with E-state index >= 15 is 0 Å². The minimum absolute atomic E-state index is 0.0797. The van der Waals surface area contributed by atoms with Crippen molar-refractivity contribution in [1.82, 2.24) is 20.4 Å². The fourth-order valence-electron chi connectivity index (χ4n) is 3.60. The number of piperidine rings is 1. The number of benzene rings is 2. The van der Waals surface area contributed by atoms with Crippen molar-refractivity contribution in [2.24, 2.45) is 0 Å². The Hall–Kier alpha value is -3.37. The molecule has 0 unspecified atom stereocenters. The van der Waals surface area contributed by atoms with E-state index in [0.717, 1.165) is 31.0 Å². The second kappa shape index (κ2) is 11.7. The lowest BCUT2D eigenvalue weighted by atomic mass is 10.1. The lowest BCUT2D eigenvalue weighted by Gasteiger charge is -2.26. The van der Waals surface area contributed by atoms with Gasteiger partial charge in [-0.1, -0.05) is 29.9 Å². The van der Waals surface area contributed by atoms with Gasteiger partial charge in [-0.15, -0.1) is 10.2 Å². The van der Waals surface area contributed by atoms with Crippen LogP contribution in [0, 0.1) is 5.82 Å². The molecule has 178 valence electrons. The van der Waals surface area contributed by atoms with E-state index in [1.807, 2.05) is 0 Å². The maximum absolute atomic E-state index is 13.7. The Labute approximate surface area is 201 Å². The van der Waals surface area contributed by atoms with E-state index in [9.17, 15) is 14.0 Å². The van der Waals surface area contributed by atoms with Crippen LogP contribution in [0.25, 0.3) is 0 Å². The minimum atomic E-state index is -0.537. The Balaban J connectivity index is 1.22. The number of amides is 2. The first-order valence-corrected chi connectivity index (χ1v) is 12.0. The van der Waals surface area contributed by atoms with Crippen LogP contribution in [0.4, 0.5) is 10.1 Å². The normalized spacial score (nSPS) is 13.9. The fraction of sp³-hybridized carbons (Fsp3) is 0.333. The number of para-hydroxylation sites is 1. The molecule has 10 heteroatoms. The van der Waals surface area contributed by atoms with Gasteiger partial charge in [0.05, 0.1) is 5.69 Å². The first-order valence-electron chi connectivity index (χ1n) is 11.2. The van der Waals surface area contributed by atoms with E-state index in [1.54, 1.807) is 36.4 Å². The lowest BCUT2D eigenvalue weighted by molar-refractivity contribution is 0.0945. The first-order chi connectivity index (χ1) is 16.6. The second-order valence-electron chi connectivity index (χ2n) is 7.91. The quantitative estimate of drug-likeness (QED) is 0.482. The molecule has 1 fully saturated rings. The van der Waals surface area contributed by atoms with Gasteiger partial charge in [0.1, 0.15) is 18.2 Å². The number of halogens is 1. The van der Waals surface area contributed by atoms with Gasteiger partial charge in [-0.25, -0.2) is 4.39 Å². The molecule has 2 heterocycles. The third-order valence-electron chi connectivity index (χ3n) is 5.42. The summed E-state index contributed by atoms with van der Waals surface area (Å²) in [5.74, 6) is -0.608. The van der Waals surface area contributed by atoms with Gasteiger partial charge < -0.3 is 20.3 Å². The van der Waals surface area contributed by atoms with E-state index in [0.29, 0.717) is 22.9 Å². The summed E-state index contributed by atoms with van der Waals surface area (Å²) in [4.78, 5) is 27.0. The molecule has 0 aliphatic carbocycles. The highest BCUT2D eigenvalue weighted by Gasteiger charge is 2.15. The zero-order valence-corrected chi connectivity index (χ0v) is 19.4. The van der Waals surface area contributed by atoms with E-state index < -0.39 is 11.7 Å². The van der Waals surface area contributed by atoms with Crippen molar-refractivity contribution >= 4 is 28.8 Å². The van der Waals surface area contributed by atoms with Crippen LogP contribution in [0.15, 0.2) is 48.5 Å². The van der Waals surface area contributed by atoms with Gasteiger partial charge >= 0.3 is 0 Å². The average Bonchev–Trinajstić information content (AvgIpc) is 3.34. The molecule has 4 rings (SSSR count). The number of rotatable bonds is 9. The summed E-state index contributed by atoms with van der Waals surface area (Å²) in [7, 11) is 0. The van der Waals surface area contributed by atoms with Gasteiger partial charge in [0.2, 0.25) is 5.01 Å². The molecule has 0 spiro atoms. The predicted molar refractivity (Wildman–Crippen MR) is 128 cm³/mol. The summed E-state index contributed by atoms with van der Waals surface area (Å²) in [5.41, 5.74) is 0.644. The highest BCUT2D eigenvalue weighted by Crippen LogP contribution is 2.18. The van der Waals surface area contributed by atoms with Crippen LogP contribution in [-0.2, 0) is 6.61 Å². The lowest BCUT2D eigenvalue weighted by Crippen LogP contribution is -2.37. The average molecular weight is 484 g/mol. The molecular formula is C24H26FN5O3S. The molecule has 2 amide bonds. The van der Waals surface area contributed by atoms with Crippen molar-refractivity contribution in [2.45, 2.75) is 25.9 Å². The number of hydrogen-bond acceptors (Lipinski definition) is 7. The molecule has 8 nitrogen and oxygen atoms in total. The zero-order chi connectivity index (χ0) is 23.8. The van der Waals surface area contributed by atoms with Crippen molar-refractivity contribution < 1.29 is 18.7 Å². The predicted octanol–water partition coefficient (Wildman–Crippen LogP) is 3.72.